The SMILES string of the molecule is CCn1cc([C]=O)c(C)n1. The van der Waals surface area contributed by atoms with E-state index < -0.39 is 0 Å². The van der Waals surface area contributed by atoms with E-state index in [2.05, 4.69) is 5.10 Å². The maximum Gasteiger partial charge on any atom is 0.237 e. The van der Waals surface area contributed by atoms with Crippen molar-refractivity contribution in [1.29, 1.82) is 0 Å². The summed E-state index contributed by atoms with van der Waals surface area (Å²) in [6.07, 6.45) is 3.51. The molecule has 0 N–H and O–H groups in total. The Bertz CT molecular complexity index is 240. The van der Waals surface area contributed by atoms with Crippen LogP contribution in [0.25, 0.3) is 0 Å². The first-order valence-electron chi connectivity index (χ1n) is 3.20. The largest absolute Gasteiger partial charge is 0.285 e. The zero-order chi connectivity index (χ0) is 7.56. The number of nitrogens with zero attached hydrogens (tertiary/aromatic N) is 2. The van der Waals surface area contributed by atoms with Gasteiger partial charge < -0.3 is 0 Å². The molecule has 1 aromatic heterocycles. The van der Waals surface area contributed by atoms with Crippen molar-refractivity contribution in [2.24, 2.45) is 0 Å². The van der Waals surface area contributed by atoms with Crippen LogP contribution in [-0.4, -0.2) is 16.1 Å². The van der Waals surface area contributed by atoms with Gasteiger partial charge in [-0.1, -0.05) is 0 Å². The molecule has 3 heteroatoms. The van der Waals surface area contributed by atoms with Crippen LogP contribution in [0.2, 0.25) is 0 Å². The van der Waals surface area contributed by atoms with Crippen molar-refractivity contribution in [1.82, 2.24) is 9.78 Å². The Morgan fingerprint density at radius 2 is 2.50 bits per heavy atom. The lowest BCUT2D eigenvalue weighted by Gasteiger charge is -1.88. The van der Waals surface area contributed by atoms with Crippen LogP contribution in [0, 0.1) is 6.92 Å². The van der Waals surface area contributed by atoms with Crippen molar-refractivity contribution in [3.8, 4) is 0 Å². The summed E-state index contributed by atoms with van der Waals surface area (Å²) in [7, 11) is 0. The molecule has 1 rings (SSSR count). The molecule has 0 amide bonds. The van der Waals surface area contributed by atoms with Gasteiger partial charge in [0.2, 0.25) is 6.29 Å². The average Bonchev–Trinajstić information content (AvgIpc) is 2.30. The molecule has 0 aliphatic heterocycles. The first-order valence-corrected chi connectivity index (χ1v) is 3.20. The molecule has 1 aromatic rings. The quantitative estimate of drug-likeness (QED) is 0.600. The lowest BCUT2D eigenvalue weighted by atomic mass is 10.3. The zero-order valence-electron chi connectivity index (χ0n) is 6.09. The van der Waals surface area contributed by atoms with Gasteiger partial charge in [-0.25, -0.2) is 0 Å². The Balaban J connectivity index is 3.03. The molecule has 0 aliphatic carbocycles. The van der Waals surface area contributed by atoms with Crippen molar-refractivity contribution in [3.05, 3.63) is 17.5 Å². The van der Waals surface area contributed by atoms with Gasteiger partial charge in [0.1, 0.15) is 0 Å². The summed E-state index contributed by atoms with van der Waals surface area (Å²) in [4.78, 5) is 10.2. The third-order valence-electron chi connectivity index (χ3n) is 1.38. The first kappa shape index (κ1) is 6.99. The van der Waals surface area contributed by atoms with Crippen molar-refractivity contribution in [3.63, 3.8) is 0 Å². The zero-order valence-corrected chi connectivity index (χ0v) is 6.09. The van der Waals surface area contributed by atoms with Crippen LogP contribution in [0.4, 0.5) is 0 Å². The number of rotatable bonds is 2. The van der Waals surface area contributed by atoms with Gasteiger partial charge in [0, 0.05) is 12.7 Å². The first-order chi connectivity index (χ1) is 4.77. The van der Waals surface area contributed by atoms with Crippen LogP contribution >= 0.6 is 0 Å². The molecule has 0 fully saturated rings. The number of aromatic nitrogens is 2. The Morgan fingerprint density at radius 3 is 2.80 bits per heavy atom. The third-order valence-corrected chi connectivity index (χ3v) is 1.38. The molecule has 0 saturated carbocycles. The van der Waals surface area contributed by atoms with E-state index in [-0.39, 0.29) is 0 Å². The Hall–Kier alpha value is -1.12. The maximum atomic E-state index is 10.2. The van der Waals surface area contributed by atoms with E-state index in [1.807, 2.05) is 13.2 Å². The van der Waals surface area contributed by atoms with Gasteiger partial charge in [0.15, 0.2) is 0 Å². The predicted octanol–water partition coefficient (Wildman–Crippen LogP) is 0.669. The molecule has 0 aliphatic rings. The van der Waals surface area contributed by atoms with Crippen molar-refractivity contribution in [2.75, 3.05) is 0 Å². The molecular weight excluding hydrogens is 128 g/mol. The fourth-order valence-corrected chi connectivity index (χ4v) is 0.780. The minimum absolute atomic E-state index is 0.557. The van der Waals surface area contributed by atoms with Crippen LogP contribution < -0.4 is 0 Å². The Labute approximate surface area is 59.7 Å². The number of hydrogen-bond acceptors (Lipinski definition) is 2. The minimum atomic E-state index is 0.557. The normalized spacial score (nSPS) is 9.80. The molecule has 1 heterocycles. The molecular formula is C7H9N2O. The summed E-state index contributed by atoms with van der Waals surface area (Å²) in [6.45, 7) is 4.57. The van der Waals surface area contributed by atoms with Gasteiger partial charge >= 0.3 is 0 Å². The number of hydrogen-bond donors (Lipinski definition) is 0. The van der Waals surface area contributed by atoms with Crippen LogP contribution in [0.3, 0.4) is 0 Å². The monoisotopic (exact) mass is 137 g/mol. The van der Waals surface area contributed by atoms with E-state index >= 15 is 0 Å². The van der Waals surface area contributed by atoms with Gasteiger partial charge in [-0.3, -0.25) is 9.48 Å². The topological polar surface area (TPSA) is 34.9 Å². The van der Waals surface area contributed by atoms with Gasteiger partial charge in [0.25, 0.3) is 0 Å². The van der Waals surface area contributed by atoms with Gasteiger partial charge in [0.05, 0.1) is 11.3 Å². The molecule has 0 spiro atoms. The molecule has 3 nitrogen and oxygen atoms in total. The summed E-state index contributed by atoms with van der Waals surface area (Å²) >= 11 is 0. The summed E-state index contributed by atoms with van der Waals surface area (Å²) in [6, 6.07) is 0. The van der Waals surface area contributed by atoms with Crippen LogP contribution in [0.15, 0.2) is 6.20 Å². The number of aryl methyl sites for hydroxylation is 2. The van der Waals surface area contributed by atoms with E-state index in [1.165, 1.54) is 0 Å². The molecule has 53 valence electrons. The highest BCUT2D eigenvalue weighted by Crippen LogP contribution is 2.00. The van der Waals surface area contributed by atoms with Crippen LogP contribution in [-0.2, 0) is 11.3 Å². The standard InChI is InChI=1S/C7H9N2O/c1-3-9-4-7(5-10)6(2)8-9/h4H,3H2,1-2H3. The predicted molar refractivity (Wildman–Crippen MR) is 37.4 cm³/mol. The highest BCUT2D eigenvalue weighted by molar-refractivity contribution is 5.76. The minimum Gasteiger partial charge on any atom is -0.285 e. The highest BCUT2D eigenvalue weighted by atomic mass is 16.1. The molecule has 0 saturated heterocycles. The maximum absolute atomic E-state index is 10.2. The van der Waals surface area contributed by atoms with E-state index in [1.54, 1.807) is 17.8 Å². The molecule has 0 unspecified atom stereocenters. The smallest absolute Gasteiger partial charge is 0.237 e. The molecule has 0 atom stereocenters. The van der Waals surface area contributed by atoms with Crippen molar-refractivity contribution < 1.29 is 4.79 Å². The van der Waals surface area contributed by atoms with E-state index in [9.17, 15) is 4.79 Å². The lowest BCUT2D eigenvalue weighted by molar-refractivity contribution is 0.562. The fraction of sp³-hybridized carbons (Fsp3) is 0.429. The van der Waals surface area contributed by atoms with Crippen molar-refractivity contribution in [2.45, 2.75) is 20.4 Å². The summed E-state index contributed by atoms with van der Waals surface area (Å²) in [5.74, 6) is 0. The fourth-order valence-electron chi connectivity index (χ4n) is 0.780. The lowest BCUT2D eigenvalue weighted by Crippen LogP contribution is -1.93. The highest BCUT2D eigenvalue weighted by Gasteiger charge is 2.01. The second-order valence-corrected chi connectivity index (χ2v) is 2.09. The van der Waals surface area contributed by atoms with Gasteiger partial charge in [-0.2, -0.15) is 5.10 Å². The second kappa shape index (κ2) is 2.64. The third kappa shape index (κ3) is 1.07. The second-order valence-electron chi connectivity index (χ2n) is 2.09. The average molecular weight is 137 g/mol. The van der Waals surface area contributed by atoms with E-state index in [0.29, 0.717) is 5.56 Å². The van der Waals surface area contributed by atoms with Crippen LogP contribution in [0.1, 0.15) is 18.2 Å². The Morgan fingerprint density at radius 1 is 1.80 bits per heavy atom. The van der Waals surface area contributed by atoms with Gasteiger partial charge in [-0.15, -0.1) is 0 Å². The van der Waals surface area contributed by atoms with Gasteiger partial charge in [-0.05, 0) is 13.8 Å². The molecule has 0 aromatic carbocycles. The molecule has 1 radical (unpaired) electrons. The molecule has 10 heavy (non-hydrogen) atoms. The van der Waals surface area contributed by atoms with Crippen LogP contribution in [0.5, 0.6) is 0 Å². The van der Waals surface area contributed by atoms with E-state index in [4.69, 9.17) is 0 Å². The summed E-state index contributed by atoms with van der Waals surface area (Å²) < 4.78 is 1.72. The summed E-state index contributed by atoms with van der Waals surface area (Å²) in [5.41, 5.74) is 1.30. The molecule has 0 bridgehead atoms. The van der Waals surface area contributed by atoms with E-state index in [0.717, 1.165) is 12.2 Å². The number of carbonyl (C=O) groups excluding carboxylic acids is 1. The Kier molecular flexibility index (Phi) is 1.85. The summed E-state index contributed by atoms with van der Waals surface area (Å²) in [5, 5.41) is 4.05. The van der Waals surface area contributed by atoms with Crippen molar-refractivity contribution >= 4 is 6.29 Å².